The van der Waals surface area contributed by atoms with Crippen molar-refractivity contribution in [3.63, 3.8) is 0 Å². The Morgan fingerprint density at radius 3 is 3.07 bits per heavy atom. The molecule has 1 aliphatic heterocycles. The van der Waals surface area contributed by atoms with Crippen LogP contribution in [0.3, 0.4) is 0 Å². The number of hydrogen-bond acceptors (Lipinski definition) is 4. The second-order valence-corrected chi connectivity index (χ2v) is 4.14. The fraction of sp³-hybridized carbons (Fsp3) is 0.667. The van der Waals surface area contributed by atoms with Crippen molar-refractivity contribution in [2.75, 3.05) is 7.11 Å². The molecule has 0 fully saturated rings. The molecule has 6 nitrogen and oxygen atoms in total. The molecule has 6 heteroatoms. The Bertz CT molecular complexity index is 397. The first kappa shape index (κ1) is 10.1. The molecule has 0 saturated heterocycles. The van der Waals surface area contributed by atoms with Gasteiger partial charge in [-0.05, 0) is 18.8 Å². The van der Waals surface area contributed by atoms with Gasteiger partial charge in [0.1, 0.15) is 7.11 Å². The number of aromatic nitrogens is 2. The largest absolute Gasteiger partial charge is 0.434 e. The Balaban J connectivity index is 2.29. The van der Waals surface area contributed by atoms with Gasteiger partial charge < -0.3 is 9.57 Å². The zero-order valence-electron chi connectivity index (χ0n) is 9.06. The fourth-order valence-electron chi connectivity index (χ4n) is 1.55. The molecule has 0 spiro atoms. The van der Waals surface area contributed by atoms with Gasteiger partial charge in [0, 0.05) is 0 Å². The summed E-state index contributed by atoms with van der Waals surface area (Å²) >= 11 is 0. The molecule has 2 rings (SSSR count). The van der Waals surface area contributed by atoms with Crippen LogP contribution < -0.4 is 0 Å². The molecule has 1 aromatic rings. The van der Waals surface area contributed by atoms with E-state index >= 15 is 0 Å². The summed E-state index contributed by atoms with van der Waals surface area (Å²) in [7, 11) is 1.31. The molecule has 15 heavy (non-hydrogen) atoms. The number of hydrogen-bond donors (Lipinski definition) is 0. The van der Waals surface area contributed by atoms with Gasteiger partial charge in [0.2, 0.25) is 0 Å². The highest BCUT2D eigenvalue weighted by atomic mass is 16.8. The predicted molar refractivity (Wildman–Crippen MR) is 51.4 cm³/mol. The van der Waals surface area contributed by atoms with Gasteiger partial charge in [-0.1, -0.05) is 0 Å². The molecule has 0 aliphatic carbocycles. The molecule has 1 aromatic heterocycles. The van der Waals surface area contributed by atoms with Crippen LogP contribution in [0, 0.1) is 4.91 Å². The highest BCUT2D eigenvalue weighted by Gasteiger charge is 2.32. The van der Waals surface area contributed by atoms with Crippen molar-refractivity contribution in [3.8, 4) is 0 Å². The quantitative estimate of drug-likeness (QED) is 0.690. The number of rotatable bonds is 2. The second-order valence-electron chi connectivity index (χ2n) is 4.14. The molecular weight excluding hydrogens is 198 g/mol. The molecule has 82 valence electrons. The first-order chi connectivity index (χ1) is 7.02. The lowest BCUT2D eigenvalue weighted by Crippen LogP contribution is -2.36. The molecular formula is C9H14N3O3+. The highest BCUT2D eigenvalue weighted by Crippen LogP contribution is 2.24. The summed E-state index contributed by atoms with van der Waals surface area (Å²) in [5.41, 5.74) is 0.652. The SMILES string of the molecule is CO[N+](=O)c1cc2n(n1)CC(C)(C)OC2. The van der Waals surface area contributed by atoms with E-state index < -0.39 is 0 Å². The highest BCUT2D eigenvalue weighted by molar-refractivity contribution is 5.21. The number of fused-ring (bicyclic) bond motifs is 1. The Morgan fingerprint density at radius 1 is 1.67 bits per heavy atom. The minimum absolute atomic E-state index is 0.239. The Hall–Kier alpha value is -1.43. The third-order valence-electron chi connectivity index (χ3n) is 2.34. The first-order valence-corrected chi connectivity index (χ1v) is 4.74. The van der Waals surface area contributed by atoms with Crippen molar-refractivity contribution in [1.82, 2.24) is 9.78 Å². The maximum absolute atomic E-state index is 11.2. The number of ether oxygens (including phenoxy) is 1. The van der Waals surface area contributed by atoms with E-state index in [4.69, 9.17) is 4.74 Å². The molecule has 0 N–H and O–H groups in total. The molecule has 0 unspecified atom stereocenters. The molecule has 0 radical (unpaired) electrons. The van der Waals surface area contributed by atoms with Gasteiger partial charge in [-0.2, -0.15) is 4.68 Å². The minimum Gasteiger partial charge on any atom is -0.367 e. The summed E-state index contributed by atoms with van der Waals surface area (Å²) in [6, 6.07) is 1.67. The van der Waals surface area contributed by atoms with Crippen LogP contribution in [0.4, 0.5) is 5.82 Å². The van der Waals surface area contributed by atoms with Crippen LogP contribution in [0.15, 0.2) is 6.07 Å². The minimum atomic E-state index is -0.239. The first-order valence-electron chi connectivity index (χ1n) is 4.74. The van der Waals surface area contributed by atoms with Crippen LogP contribution >= 0.6 is 0 Å². The fourth-order valence-corrected chi connectivity index (χ4v) is 1.55. The lowest BCUT2D eigenvalue weighted by molar-refractivity contribution is -0.739. The normalized spacial score (nSPS) is 18.3. The molecule has 0 aromatic carbocycles. The summed E-state index contributed by atoms with van der Waals surface area (Å²) in [4.78, 5) is 16.1. The van der Waals surface area contributed by atoms with Crippen molar-refractivity contribution in [1.29, 1.82) is 0 Å². The van der Waals surface area contributed by atoms with E-state index in [0.717, 1.165) is 5.69 Å². The molecule has 0 saturated carbocycles. The smallest absolute Gasteiger partial charge is 0.367 e. The zero-order valence-corrected chi connectivity index (χ0v) is 9.06. The molecule has 0 amide bonds. The monoisotopic (exact) mass is 212 g/mol. The second kappa shape index (κ2) is 3.30. The third-order valence-corrected chi connectivity index (χ3v) is 2.34. The van der Waals surface area contributed by atoms with E-state index in [1.807, 2.05) is 13.8 Å². The topological polar surface area (TPSA) is 56.4 Å². The Labute approximate surface area is 87.3 Å². The van der Waals surface area contributed by atoms with E-state index in [2.05, 4.69) is 9.94 Å². The van der Waals surface area contributed by atoms with Crippen LogP contribution in [0.25, 0.3) is 0 Å². The van der Waals surface area contributed by atoms with Crippen molar-refractivity contribution in [3.05, 3.63) is 16.7 Å². The van der Waals surface area contributed by atoms with Gasteiger partial charge >= 0.3 is 5.82 Å². The van der Waals surface area contributed by atoms with E-state index in [1.165, 1.54) is 7.11 Å². The van der Waals surface area contributed by atoms with Crippen LogP contribution in [0.5, 0.6) is 0 Å². The van der Waals surface area contributed by atoms with E-state index in [1.54, 1.807) is 10.7 Å². The van der Waals surface area contributed by atoms with Crippen LogP contribution in [-0.4, -0.2) is 27.4 Å². The van der Waals surface area contributed by atoms with Crippen LogP contribution in [0.2, 0.25) is 0 Å². The Kier molecular flexibility index (Phi) is 2.22. The van der Waals surface area contributed by atoms with E-state index in [9.17, 15) is 4.91 Å². The standard InChI is InChI=1S/C9H14N3O3/c1-9(2)6-11-7(5-15-9)4-8(10-11)12(13)14-3/h4H,5-6H2,1-3H3/q+1. The van der Waals surface area contributed by atoms with Gasteiger partial charge in [0.05, 0.1) is 35.6 Å². The molecule has 0 bridgehead atoms. The maximum atomic E-state index is 11.2. The van der Waals surface area contributed by atoms with Gasteiger partial charge in [-0.3, -0.25) is 0 Å². The lowest BCUT2D eigenvalue weighted by Gasteiger charge is -2.28. The van der Waals surface area contributed by atoms with Crippen molar-refractivity contribution in [2.24, 2.45) is 0 Å². The lowest BCUT2D eigenvalue weighted by atomic mass is 10.1. The Morgan fingerprint density at radius 2 is 2.40 bits per heavy atom. The summed E-state index contributed by atoms with van der Waals surface area (Å²) in [5, 5.41) is 4.14. The average Bonchev–Trinajstić information content (AvgIpc) is 2.57. The maximum Gasteiger partial charge on any atom is 0.434 e. The van der Waals surface area contributed by atoms with Crippen molar-refractivity contribution >= 4 is 5.82 Å². The van der Waals surface area contributed by atoms with E-state index in [0.29, 0.717) is 18.1 Å². The summed E-state index contributed by atoms with van der Waals surface area (Å²) in [6.45, 7) is 5.09. The van der Waals surface area contributed by atoms with Crippen LogP contribution in [0.1, 0.15) is 19.5 Å². The van der Waals surface area contributed by atoms with Crippen molar-refractivity contribution in [2.45, 2.75) is 32.6 Å². The summed E-state index contributed by atoms with van der Waals surface area (Å²) in [5.74, 6) is 0.258. The van der Waals surface area contributed by atoms with Gasteiger partial charge in [-0.25, -0.2) is 0 Å². The molecule has 1 aliphatic rings. The summed E-state index contributed by atoms with van der Waals surface area (Å²) in [6.07, 6.45) is 0. The van der Waals surface area contributed by atoms with Crippen LogP contribution in [-0.2, 0) is 22.7 Å². The van der Waals surface area contributed by atoms with Gasteiger partial charge in [0.15, 0.2) is 4.92 Å². The van der Waals surface area contributed by atoms with Gasteiger partial charge in [-0.15, -0.1) is 0 Å². The zero-order chi connectivity index (χ0) is 11.1. The predicted octanol–water partition coefficient (Wildman–Crippen LogP) is 1.16. The number of nitrogens with zero attached hydrogens (tertiary/aromatic N) is 3. The average molecular weight is 212 g/mol. The molecule has 2 heterocycles. The summed E-state index contributed by atoms with van der Waals surface area (Å²) < 4.78 is 7.38. The van der Waals surface area contributed by atoms with Crippen molar-refractivity contribution < 1.29 is 14.5 Å². The molecule has 0 atom stereocenters. The third kappa shape index (κ3) is 1.85. The van der Waals surface area contributed by atoms with Gasteiger partial charge in [0.25, 0.3) is 0 Å². The van der Waals surface area contributed by atoms with E-state index in [-0.39, 0.29) is 11.4 Å².